The van der Waals surface area contributed by atoms with E-state index in [0.29, 0.717) is 47.1 Å². The number of rotatable bonds is 6. The minimum Gasteiger partial charge on any atom is -0.497 e. The molecule has 2 heterocycles. The predicted octanol–water partition coefficient (Wildman–Crippen LogP) is 1.88. The van der Waals surface area contributed by atoms with E-state index >= 15 is 0 Å². The van der Waals surface area contributed by atoms with Crippen LogP contribution in [-0.4, -0.2) is 52.9 Å². The van der Waals surface area contributed by atoms with Crippen molar-refractivity contribution < 1.29 is 23.8 Å². The van der Waals surface area contributed by atoms with Gasteiger partial charge in [-0.2, -0.15) is 0 Å². The zero-order valence-electron chi connectivity index (χ0n) is 17.0. The summed E-state index contributed by atoms with van der Waals surface area (Å²) in [5, 5.41) is 13.2. The highest BCUT2D eigenvalue weighted by Crippen LogP contribution is 2.32. The van der Waals surface area contributed by atoms with Crippen molar-refractivity contribution in [1.29, 1.82) is 0 Å². The number of carbonyl (C=O) groups excluding carboxylic acids is 2. The number of nitrogen functional groups attached to an aromatic ring is 1. The van der Waals surface area contributed by atoms with Gasteiger partial charge in [-0.05, 0) is 36.4 Å². The molecule has 0 saturated carbocycles. The number of nitrogens with one attached hydrogen (secondary N) is 2. The van der Waals surface area contributed by atoms with Gasteiger partial charge in [0.05, 0.1) is 12.9 Å². The highest BCUT2D eigenvalue weighted by molar-refractivity contribution is 7.99. The molecule has 0 bridgehead atoms. The molecule has 0 spiro atoms. The molecule has 1 aliphatic rings. The highest BCUT2D eigenvalue weighted by atomic mass is 32.2. The second kappa shape index (κ2) is 9.47. The van der Waals surface area contributed by atoms with Gasteiger partial charge in [0.25, 0.3) is 0 Å². The molecule has 2 aromatic carbocycles. The lowest BCUT2D eigenvalue weighted by molar-refractivity contribution is -0.117. The molecular weight excluding hydrogens is 436 g/mol. The van der Waals surface area contributed by atoms with E-state index in [1.165, 1.54) is 4.68 Å². The molecule has 1 aromatic heterocycles. The van der Waals surface area contributed by atoms with Crippen LogP contribution in [-0.2, 0) is 4.79 Å². The predicted molar refractivity (Wildman–Crippen MR) is 117 cm³/mol. The van der Waals surface area contributed by atoms with E-state index in [4.69, 9.17) is 20.1 Å². The summed E-state index contributed by atoms with van der Waals surface area (Å²) in [5.74, 6) is 7.75. The fourth-order valence-electron chi connectivity index (χ4n) is 2.89. The van der Waals surface area contributed by atoms with E-state index in [1.54, 1.807) is 49.6 Å². The van der Waals surface area contributed by atoms with Crippen LogP contribution in [0.4, 0.5) is 10.5 Å². The summed E-state index contributed by atoms with van der Waals surface area (Å²) in [5.41, 5.74) is 1.22. The largest absolute Gasteiger partial charge is 0.497 e. The monoisotopic (exact) mass is 456 g/mol. The lowest BCUT2D eigenvalue weighted by atomic mass is 10.2. The number of ether oxygens (including phenoxy) is 3. The maximum Gasteiger partial charge on any atom is 0.325 e. The Morgan fingerprint density at radius 2 is 1.88 bits per heavy atom. The number of nitrogens with zero attached hydrogens (tertiary/aromatic N) is 3. The Kier molecular flexibility index (Phi) is 6.31. The first kappa shape index (κ1) is 21.3. The van der Waals surface area contributed by atoms with Crippen LogP contribution in [0.3, 0.4) is 0 Å². The number of thioether (sulfide) groups is 1. The van der Waals surface area contributed by atoms with Crippen LogP contribution >= 0.6 is 11.8 Å². The van der Waals surface area contributed by atoms with Crippen LogP contribution in [0.1, 0.15) is 0 Å². The normalized spacial score (nSPS) is 12.2. The zero-order chi connectivity index (χ0) is 22.5. The molecule has 0 radical (unpaired) electrons. The van der Waals surface area contributed by atoms with Crippen LogP contribution in [0.25, 0.3) is 11.4 Å². The molecular formula is C20H20N6O5S. The molecule has 0 fully saturated rings. The molecule has 4 rings (SSSR count). The number of hydrogen-bond donors (Lipinski definition) is 3. The number of imide groups is 1. The quantitative estimate of drug-likeness (QED) is 0.374. The molecule has 1 aliphatic heterocycles. The summed E-state index contributed by atoms with van der Waals surface area (Å²) < 4.78 is 17.3. The van der Waals surface area contributed by atoms with Crippen molar-refractivity contribution in [2.75, 3.05) is 37.2 Å². The van der Waals surface area contributed by atoms with E-state index in [2.05, 4.69) is 20.8 Å². The fourth-order valence-corrected chi connectivity index (χ4v) is 3.55. The maximum absolute atomic E-state index is 12.2. The smallest absolute Gasteiger partial charge is 0.325 e. The molecule has 166 valence electrons. The summed E-state index contributed by atoms with van der Waals surface area (Å²) in [7, 11) is 1.58. The average Bonchev–Trinajstić information content (AvgIpc) is 3.17. The summed E-state index contributed by atoms with van der Waals surface area (Å²) in [6, 6.07) is 11.5. The van der Waals surface area contributed by atoms with Crippen molar-refractivity contribution in [2.45, 2.75) is 5.16 Å². The highest BCUT2D eigenvalue weighted by Gasteiger charge is 2.16. The second-order valence-electron chi connectivity index (χ2n) is 6.55. The van der Waals surface area contributed by atoms with Gasteiger partial charge >= 0.3 is 6.03 Å². The average molecular weight is 456 g/mol. The van der Waals surface area contributed by atoms with Crippen LogP contribution in [0, 0.1) is 0 Å². The van der Waals surface area contributed by atoms with Crippen LogP contribution in [0.2, 0.25) is 0 Å². The first-order valence-electron chi connectivity index (χ1n) is 9.51. The van der Waals surface area contributed by atoms with E-state index in [0.717, 1.165) is 17.3 Å². The Morgan fingerprint density at radius 3 is 2.62 bits per heavy atom. The van der Waals surface area contributed by atoms with E-state index in [9.17, 15) is 9.59 Å². The van der Waals surface area contributed by atoms with Gasteiger partial charge < -0.3 is 25.4 Å². The molecule has 3 aromatic rings. The number of methoxy groups -OCH3 is 1. The van der Waals surface area contributed by atoms with E-state index in [1.807, 2.05) is 0 Å². The molecule has 12 heteroatoms. The summed E-state index contributed by atoms with van der Waals surface area (Å²) in [4.78, 5) is 24.3. The Hall–Kier alpha value is -3.93. The standard InChI is InChI=1S/C20H20N6O5S/c1-29-14-5-2-12(3-6-14)18-24-25-20(26(18)21)32-11-17(27)23-19(28)22-13-4-7-15-16(10-13)31-9-8-30-15/h2-7,10H,8-9,11,21H2,1H3,(H2,22,23,27,28). The van der Waals surface area contributed by atoms with E-state index < -0.39 is 11.9 Å². The minimum absolute atomic E-state index is 0.0769. The molecule has 0 atom stereocenters. The van der Waals surface area contributed by atoms with Gasteiger partial charge in [-0.1, -0.05) is 11.8 Å². The van der Waals surface area contributed by atoms with Crippen molar-refractivity contribution in [3.63, 3.8) is 0 Å². The zero-order valence-corrected chi connectivity index (χ0v) is 17.8. The third kappa shape index (κ3) is 4.86. The maximum atomic E-state index is 12.2. The van der Waals surface area contributed by atoms with Gasteiger partial charge in [-0.3, -0.25) is 10.1 Å². The van der Waals surface area contributed by atoms with E-state index in [-0.39, 0.29) is 5.75 Å². The minimum atomic E-state index is -0.666. The molecule has 0 unspecified atom stereocenters. The summed E-state index contributed by atoms with van der Waals surface area (Å²) in [6.45, 7) is 0.912. The van der Waals surface area contributed by atoms with Crippen molar-refractivity contribution >= 4 is 29.4 Å². The number of amides is 3. The number of urea groups is 1. The van der Waals surface area contributed by atoms with Crippen molar-refractivity contribution in [3.8, 4) is 28.6 Å². The van der Waals surface area contributed by atoms with Crippen molar-refractivity contribution in [2.24, 2.45) is 0 Å². The lowest BCUT2D eigenvalue weighted by Gasteiger charge is -2.19. The number of nitrogens with two attached hydrogens (primary N) is 1. The molecule has 32 heavy (non-hydrogen) atoms. The number of anilines is 1. The number of aromatic nitrogens is 3. The first-order chi connectivity index (χ1) is 15.5. The van der Waals surface area contributed by atoms with Crippen LogP contribution < -0.4 is 30.7 Å². The van der Waals surface area contributed by atoms with Gasteiger partial charge in [0.1, 0.15) is 19.0 Å². The molecule has 4 N–H and O–H groups in total. The van der Waals surface area contributed by atoms with Crippen molar-refractivity contribution in [1.82, 2.24) is 20.2 Å². The third-order valence-electron chi connectivity index (χ3n) is 4.40. The Labute approximate surface area is 187 Å². The molecule has 0 saturated heterocycles. The van der Waals surface area contributed by atoms with Gasteiger partial charge in [0, 0.05) is 17.3 Å². The number of hydrogen-bond acceptors (Lipinski definition) is 9. The Bertz CT molecular complexity index is 1130. The summed E-state index contributed by atoms with van der Waals surface area (Å²) in [6.07, 6.45) is 0. The first-order valence-corrected chi connectivity index (χ1v) is 10.5. The molecule has 0 aliphatic carbocycles. The van der Waals surface area contributed by atoms with Gasteiger partial charge in [0.2, 0.25) is 11.1 Å². The van der Waals surface area contributed by atoms with Gasteiger partial charge in [-0.25, -0.2) is 9.47 Å². The lowest BCUT2D eigenvalue weighted by Crippen LogP contribution is -2.35. The number of carbonyl (C=O) groups is 2. The second-order valence-corrected chi connectivity index (χ2v) is 7.50. The summed E-state index contributed by atoms with van der Waals surface area (Å²) >= 11 is 1.06. The van der Waals surface area contributed by atoms with Crippen LogP contribution in [0.5, 0.6) is 17.2 Å². The Balaban J connectivity index is 1.30. The number of fused-ring (bicyclic) bond motifs is 1. The van der Waals surface area contributed by atoms with Gasteiger partial charge in [-0.15, -0.1) is 10.2 Å². The third-order valence-corrected chi connectivity index (χ3v) is 5.34. The molecule has 11 nitrogen and oxygen atoms in total. The van der Waals surface area contributed by atoms with Crippen LogP contribution in [0.15, 0.2) is 47.6 Å². The number of benzene rings is 2. The Morgan fingerprint density at radius 1 is 1.12 bits per heavy atom. The fraction of sp³-hybridized carbons (Fsp3) is 0.200. The topological polar surface area (TPSA) is 143 Å². The SMILES string of the molecule is COc1ccc(-c2nnc(SCC(=O)NC(=O)Nc3ccc4c(c3)OCCO4)n2N)cc1. The van der Waals surface area contributed by atoms with Gasteiger partial charge in [0.15, 0.2) is 17.3 Å². The molecule has 3 amide bonds. The van der Waals surface area contributed by atoms with Crippen molar-refractivity contribution in [3.05, 3.63) is 42.5 Å².